The third-order valence-electron chi connectivity index (χ3n) is 3.16. The Kier molecular flexibility index (Phi) is 5.22. The summed E-state index contributed by atoms with van der Waals surface area (Å²) in [5.41, 5.74) is 3.16. The topological polar surface area (TPSA) is 67.0 Å². The van der Waals surface area contributed by atoms with Crippen LogP contribution in [0.5, 0.6) is 5.75 Å². The molecule has 0 aliphatic heterocycles. The molecular weight excluding hydrogens is 290 g/mol. The number of nitrogens with zero attached hydrogens (tertiary/aromatic N) is 1. The van der Waals surface area contributed by atoms with Crippen molar-refractivity contribution in [2.45, 2.75) is 20.3 Å². The van der Waals surface area contributed by atoms with Crippen LogP contribution in [0.25, 0.3) is 0 Å². The summed E-state index contributed by atoms with van der Waals surface area (Å²) in [5, 5.41) is 10.5. The number of carbonyl (C=O) groups is 1. The molecule has 0 bridgehead atoms. The van der Waals surface area contributed by atoms with Crippen LogP contribution in [-0.4, -0.2) is 29.3 Å². The molecule has 0 aliphatic rings. The SMILES string of the molecule is Cc1n[nH]c(C)c1CCNC(=O)COc1ccc(Cl)cc1. The summed E-state index contributed by atoms with van der Waals surface area (Å²) in [6.45, 7) is 4.47. The highest BCUT2D eigenvalue weighted by molar-refractivity contribution is 6.30. The Balaban J connectivity index is 1.71. The van der Waals surface area contributed by atoms with Crippen molar-refractivity contribution in [1.29, 1.82) is 0 Å². The predicted molar refractivity (Wildman–Crippen MR) is 81.7 cm³/mol. The van der Waals surface area contributed by atoms with E-state index < -0.39 is 0 Å². The summed E-state index contributed by atoms with van der Waals surface area (Å²) in [6.07, 6.45) is 0.751. The summed E-state index contributed by atoms with van der Waals surface area (Å²) in [4.78, 5) is 11.7. The fourth-order valence-electron chi connectivity index (χ4n) is 2.00. The molecule has 0 fully saturated rings. The monoisotopic (exact) mass is 307 g/mol. The van der Waals surface area contributed by atoms with Gasteiger partial charge in [-0.3, -0.25) is 9.89 Å². The fraction of sp³-hybridized carbons (Fsp3) is 0.333. The zero-order valence-corrected chi connectivity index (χ0v) is 12.8. The van der Waals surface area contributed by atoms with Crippen molar-refractivity contribution in [3.63, 3.8) is 0 Å². The Morgan fingerprint density at radius 3 is 2.67 bits per heavy atom. The van der Waals surface area contributed by atoms with Crippen LogP contribution in [-0.2, 0) is 11.2 Å². The highest BCUT2D eigenvalue weighted by Gasteiger charge is 2.07. The second kappa shape index (κ2) is 7.13. The average molecular weight is 308 g/mol. The van der Waals surface area contributed by atoms with E-state index in [9.17, 15) is 4.79 Å². The van der Waals surface area contributed by atoms with E-state index in [2.05, 4.69) is 15.5 Å². The van der Waals surface area contributed by atoms with Gasteiger partial charge in [0.2, 0.25) is 0 Å². The minimum absolute atomic E-state index is 0.00894. The first-order valence-electron chi connectivity index (χ1n) is 6.72. The van der Waals surface area contributed by atoms with Gasteiger partial charge in [-0.25, -0.2) is 0 Å². The van der Waals surface area contributed by atoms with Crippen LogP contribution in [0.2, 0.25) is 5.02 Å². The van der Waals surface area contributed by atoms with Gasteiger partial charge >= 0.3 is 0 Å². The van der Waals surface area contributed by atoms with Gasteiger partial charge in [0.1, 0.15) is 5.75 Å². The van der Waals surface area contributed by atoms with E-state index in [-0.39, 0.29) is 12.5 Å². The molecule has 0 atom stereocenters. The zero-order chi connectivity index (χ0) is 15.2. The number of hydrogen-bond donors (Lipinski definition) is 2. The molecular formula is C15H18ClN3O2. The Morgan fingerprint density at radius 1 is 1.33 bits per heavy atom. The molecule has 2 N–H and O–H groups in total. The van der Waals surface area contributed by atoms with Gasteiger partial charge in [0.15, 0.2) is 6.61 Å². The molecule has 0 saturated heterocycles. The summed E-state index contributed by atoms with van der Waals surface area (Å²) in [5.74, 6) is 0.472. The molecule has 1 aromatic carbocycles. The van der Waals surface area contributed by atoms with Gasteiger partial charge in [0.05, 0.1) is 5.69 Å². The minimum Gasteiger partial charge on any atom is -0.484 e. The first-order chi connectivity index (χ1) is 10.1. The van der Waals surface area contributed by atoms with Gasteiger partial charge < -0.3 is 10.1 Å². The summed E-state index contributed by atoms with van der Waals surface area (Å²) < 4.78 is 5.37. The highest BCUT2D eigenvalue weighted by Crippen LogP contribution is 2.15. The largest absolute Gasteiger partial charge is 0.484 e. The van der Waals surface area contributed by atoms with Crippen molar-refractivity contribution in [3.8, 4) is 5.75 Å². The van der Waals surface area contributed by atoms with Crippen LogP contribution in [0.1, 0.15) is 17.0 Å². The summed E-state index contributed by atoms with van der Waals surface area (Å²) in [7, 11) is 0. The van der Waals surface area contributed by atoms with Crippen LogP contribution >= 0.6 is 11.6 Å². The first-order valence-corrected chi connectivity index (χ1v) is 7.09. The predicted octanol–water partition coefficient (Wildman–Crippen LogP) is 2.42. The Hall–Kier alpha value is -2.01. The number of rotatable bonds is 6. The number of benzene rings is 1. The third-order valence-corrected chi connectivity index (χ3v) is 3.41. The lowest BCUT2D eigenvalue weighted by molar-refractivity contribution is -0.123. The maximum absolute atomic E-state index is 11.7. The molecule has 2 aromatic rings. The molecule has 0 unspecified atom stereocenters. The lowest BCUT2D eigenvalue weighted by Crippen LogP contribution is -2.30. The number of aryl methyl sites for hydroxylation is 2. The third kappa shape index (κ3) is 4.49. The van der Waals surface area contributed by atoms with E-state index in [1.54, 1.807) is 24.3 Å². The van der Waals surface area contributed by atoms with Crippen molar-refractivity contribution in [2.24, 2.45) is 0 Å². The molecule has 21 heavy (non-hydrogen) atoms. The molecule has 1 amide bonds. The number of hydrogen-bond acceptors (Lipinski definition) is 3. The number of halogens is 1. The van der Waals surface area contributed by atoms with Gasteiger partial charge in [-0.2, -0.15) is 5.10 Å². The normalized spacial score (nSPS) is 10.4. The minimum atomic E-state index is -0.149. The van der Waals surface area contributed by atoms with Crippen LogP contribution in [0, 0.1) is 13.8 Å². The molecule has 1 aromatic heterocycles. The molecule has 0 radical (unpaired) electrons. The van der Waals surface area contributed by atoms with E-state index in [0.717, 1.165) is 23.4 Å². The van der Waals surface area contributed by atoms with Crippen LogP contribution in [0.4, 0.5) is 0 Å². The molecule has 1 heterocycles. The Morgan fingerprint density at radius 2 is 2.05 bits per heavy atom. The molecule has 112 valence electrons. The number of H-pyrrole nitrogens is 1. The number of carbonyl (C=O) groups excluding carboxylic acids is 1. The van der Waals surface area contributed by atoms with E-state index >= 15 is 0 Å². The van der Waals surface area contributed by atoms with E-state index in [1.165, 1.54) is 0 Å². The second-order valence-electron chi connectivity index (χ2n) is 4.76. The van der Waals surface area contributed by atoms with Crippen molar-refractivity contribution in [2.75, 3.05) is 13.2 Å². The van der Waals surface area contributed by atoms with E-state index in [0.29, 0.717) is 17.3 Å². The standard InChI is InChI=1S/C15H18ClN3O2/c1-10-14(11(2)19-18-10)7-8-17-15(20)9-21-13-5-3-12(16)4-6-13/h3-6H,7-9H2,1-2H3,(H,17,20)(H,18,19). The molecule has 6 heteroatoms. The van der Waals surface area contributed by atoms with Crippen molar-refractivity contribution in [3.05, 3.63) is 46.2 Å². The summed E-state index contributed by atoms with van der Waals surface area (Å²) in [6, 6.07) is 6.90. The van der Waals surface area contributed by atoms with Crippen molar-refractivity contribution in [1.82, 2.24) is 15.5 Å². The number of aromatic nitrogens is 2. The number of aromatic amines is 1. The smallest absolute Gasteiger partial charge is 0.257 e. The number of nitrogens with one attached hydrogen (secondary N) is 2. The average Bonchev–Trinajstić information content (AvgIpc) is 2.78. The first kappa shape index (κ1) is 15.4. The van der Waals surface area contributed by atoms with Gasteiger partial charge in [-0.1, -0.05) is 11.6 Å². The number of ether oxygens (including phenoxy) is 1. The summed E-state index contributed by atoms with van der Waals surface area (Å²) >= 11 is 5.77. The second-order valence-corrected chi connectivity index (χ2v) is 5.19. The van der Waals surface area contributed by atoms with Crippen molar-refractivity contribution < 1.29 is 9.53 Å². The molecule has 5 nitrogen and oxygen atoms in total. The molecule has 0 spiro atoms. The van der Waals surface area contributed by atoms with Crippen LogP contribution in [0.3, 0.4) is 0 Å². The maximum atomic E-state index is 11.7. The Labute approximate surface area is 128 Å². The highest BCUT2D eigenvalue weighted by atomic mass is 35.5. The van der Waals surface area contributed by atoms with E-state index in [1.807, 2.05) is 13.8 Å². The van der Waals surface area contributed by atoms with Crippen LogP contribution in [0.15, 0.2) is 24.3 Å². The molecule has 2 rings (SSSR count). The lowest BCUT2D eigenvalue weighted by Gasteiger charge is -2.07. The van der Waals surface area contributed by atoms with E-state index in [4.69, 9.17) is 16.3 Å². The maximum Gasteiger partial charge on any atom is 0.257 e. The quantitative estimate of drug-likeness (QED) is 0.861. The van der Waals surface area contributed by atoms with Gasteiger partial charge in [-0.05, 0) is 50.1 Å². The van der Waals surface area contributed by atoms with Gasteiger partial charge in [0.25, 0.3) is 5.91 Å². The van der Waals surface area contributed by atoms with Crippen molar-refractivity contribution >= 4 is 17.5 Å². The Bertz CT molecular complexity index is 588. The lowest BCUT2D eigenvalue weighted by atomic mass is 10.1. The molecule has 0 aliphatic carbocycles. The number of amides is 1. The molecule has 0 saturated carbocycles. The van der Waals surface area contributed by atoms with Gasteiger partial charge in [-0.15, -0.1) is 0 Å². The van der Waals surface area contributed by atoms with Crippen LogP contribution < -0.4 is 10.1 Å². The van der Waals surface area contributed by atoms with Gasteiger partial charge in [0, 0.05) is 17.3 Å². The fourth-order valence-corrected chi connectivity index (χ4v) is 2.13. The zero-order valence-electron chi connectivity index (χ0n) is 12.1.